The van der Waals surface area contributed by atoms with Gasteiger partial charge in [0.15, 0.2) is 0 Å². The second-order valence-electron chi connectivity index (χ2n) is 4.01. The summed E-state index contributed by atoms with van der Waals surface area (Å²) in [6.45, 7) is 0.854. The maximum Gasteiger partial charge on any atom is 0.238 e. The van der Waals surface area contributed by atoms with Gasteiger partial charge in [-0.1, -0.05) is 6.42 Å². The van der Waals surface area contributed by atoms with E-state index in [1.165, 1.54) is 25.0 Å². The van der Waals surface area contributed by atoms with E-state index < -0.39 is 0 Å². The average molecular weight is 246 g/mol. The van der Waals surface area contributed by atoms with Crippen LogP contribution in [0.3, 0.4) is 0 Å². The van der Waals surface area contributed by atoms with E-state index in [0.29, 0.717) is 5.25 Å². The Morgan fingerprint density at radius 1 is 1.47 bits per heavy atom. The summed E-state index contributed by atoms with van der Waals surface area (Å²) in [5, 5.41) is 6.90. The SMILES string of the molecule is O=C(NCC1CCCCS1)C1CSCN1. The van der Waals surface area contributed by atoms with E-state index in [2.05, 4.69) is 10.6 Å². The number of rotatable bonds is 3. The van der Waals surface area contributed by atoms with Crippen LogP contribution in [0.1, 0.15) is 19.3 Å². The summed E-state index contributed by atoms with van der Waals surface area (Å²) in [7, 11) is 0. The van der Waals surface area contributed by atoms with Gasteiger partial charge in [-0.25, -0.2) is 0 Å². The van der Waals surface area contributed by atoms with Gasteiger partial charge in [0.25, 0.3) is 0 Å². The van der Waals surface area contributed by atoms with Crippen molar-refractivity contribution in [2.24, 2.45) is 0 Å². The number of hydrogen-bond donors (Lipinski definition) is 2. The van der Waals surface area contributed by atoms with E-state index in [4.69, 9.17) is 0 Å². The van der Waals surface area contributed by atoms with E-state index in [1.807, 2.05) is 11.8 Å². The Labute approximate surface area is 99.5 Å². The van der Waals surface area contributed by atoms with Crippen LogP contribution >= 0.6 is 23.5 Å². The van der Waals surface area contributed by atoms with E-state index in [1.54, 1.807) is 11.8 Å². The molecule has 86 valence electrons. The van der Waals surface area contributed by atoms with Crippen molar-refractivity contribution in [3.05, 3.63) is 0 Å². The molecular formula is C10H18N2OS2. The molecule has 3 nitrogen and oxygen atoms in total. The molecule has 0 aromatic rings. The minimum absolute atomic E-state index is 0.0450. The van der Waals surface area contributed by atoms with Gasteiger partial charge in [-0.2, -0.15) is 11.8 Å². The van der Waals surface area contributed by atoms with Crippen LogP contribution in [0.5, 0.6) is 0 Å². The molecule has 2 saturated heterocycles. The second-order valence-corrected chi connectivity index (χ2v) is 6.44. The lowest BCUT2D eigenvalue weighted by Gasteiger charge is -2.22. The topological polar surface area (TPSA) is 41.1 Å². The summed E-state index contributed by atoms with van der Waals surface area (Å²) >= 11 is 3.80. The third kappa shape index (κ3) is 3.57. The van der Waals surface area contributed by atoms with Crippen molar-refractivity contribution in [3.63, 3.8) is 0 Å². The highest BCUT2D eigenvalue weighted by Crippen LogP contribution is 2.24. The number of nitrogens with one attached hydrogen (secondary N) is 2. The zero-order valence-electron chi connectivity index (χ0n) is 8.83. The van der Waals surface area contributed by atoms with Crippen LogP contribution in [0.4, 0.5) is 0 Å². The minimum Gasteiger partial charge on any atom is -0.354 e. The van der Waals surface area contributed by atoms with Gasteiger partial charge in [-0.3, -0.25) is 10.1 Å². The van der Waals surface area contributed by atoms with Crippen molar-refractivity contribution in [1.29, 1.82) is 0 Å². The molecular weight excluding hydrogens is 228 g/mol. The number of amides is 1. The van der Waals surface area contributed by atoms with Crippen molar-refractivity contribution in [3.8, 4) is 0 Å². The van der Waals surface area contributed by atoms with Gasteiger partial charge in [0.1, 0.15) is 0 Å². The molecule has 2 aliphatic rings. The smallest absolute Gasteiger partial charge is 0.238 e. The molecule has 0 radical (unpaired) electrons. The third-order valence-corrected chi connectivity index (χ3v) is 5.15. The molecule has 15 heavy (non-hydrogen) atoms. The van der Waals surface area contributed by atoms with E-state index in [9.17, 15) is 4.79 Å². The van der Waals surface area contributed by atoms with Crippen molar-refractivity contribution >= 4 is 29.4 Å². The molecule has 0 aromatic carbocycles. The van der Waals surface area contributed by atoms with Gasteiger partial charge in [-0.05, 0) is 18.6 Å². The highest BCUT2D eigenvalue weighted by atomic mass is 32.2. The van der Waals surface area contributed by atoms with Gasteiger partial charge in [-0.15, -0.1) is 11.8 Å². The standard InChI is InChI=1S/C10H18N2OS2/c13-10(9-6-14-7-12-9)11-5-8-3-1-2-4-15-8/h8-9,12H,1-7H2,(H,11,13). The molecule has 5 heteroatoms. The van der Waals surface area contributed by atoms with E-state index >= 15 is 0 Å². The first-order chi connectivity index (χ1) is 7.36. The molecule has 2 rings (SSSR count). The molecule has 0 saturated carbocycles. The Morgan fingerprint density at radius 3 is 3.07 bits per heavy atom. The molecule has 2 unspecified atom stereocenters. The van der Waals surface area contributed by atoms with Crippen molar-refractivity contribution in [1.82, 2.24) is 10.6 Å². The highest BCUT2D eigenvalue weighted by Gasteiger charge is 2.23. The van der Waals surface area contributed by atoms with Gasteiger partial charge in [0, 0.05) is 23.4 Å². The fourth-order valence-electron chi connectivity index (χ4n) is 1.87. The number of carbonyl (C=O) groups excluding carboxylic acids is 1. The first-order valence-electron chi connectivity index (χ1n) is 5.57. The van der Waals surface area contributed by atoms with Crippen molar-refractivity contribution in [2.75, 3.05) is 23.9 Å². The Bertz CT molecular complexity index is 213. The molecule has 2 N–H and O–H groups in total. The molecule has 0 aromatic heterocycles. The predicted molar refractivity (Wildman–Crippen MR) is 67.4 cm³/mol. The molecule has 2 fully saturated rings. The summed E-state index contributed by atoms with van der Waals surface area (Å²) in [4.78, 5) is 11.7. The average Bonchev–Trinajstić information content (AvgIpc) is 2.81. The fourth-order valence-corrected chi connectivity index (χ4v) is 4.05. The minimum atomic E-state index is 0.0450. The second kappa shape index (κ2) is 6.01. The van der Waals surface area contributed by atoms with E-state index in [0.717, 1.165) is 18.2 Å². The lowest BCUT2D eigenvalue weighted by atomic mass is 10.2. The van der Waals surface area contributed by atoms with Crippen LogP contribution < -0.4 is 10.6 Å². The summed E-state index contributed by atoms with van der Waals surface area (Å²) in [6, 6.07) is 0.0450. The van der Waals surface area contributed by atoms with Crippen LogP contribution in [-0.4, -0.2) is 41.1 Å². The quantitative estimate of drug-likeness (QED) is 0.781. The summed E-state index contributed by atoms with van der Waals surface area (Å²) < 4.78 is 0. The Hall–Kier alpha value is 0.130. The van der Waals surface area contributed by atoms with Gasteiger partial charge >= 0.3 is 0 Å². The number of hydrogen-bond acceptors (Lipinski definition) is 4. The number of carbonyl (C=O) groups is 1. The molecule has 0 spiro atoms. The maximum atomic E-state index is 11.7. The Balaban J connectivity index is 1.65. The molecule has 0 aliphatic carbocycles. The first kappa shape index (κ1) is 11.6. The Morgan fingerprint density at radius 2 is 2.40 bits per heavy atom. The lowest BCUT2D eigenvalue weighted by Crippen LogP contribution is -2.44. The van der Waals surface area contributed by atoms with Crippen LogP contribution in [0.15, 0.2) is 0 Å². The van der Waals surface area contributed by atoms with Gasteiger partial charge in [0.05, 0.1) is 6.04 Å². The molecule has 1 amide bonds. The largest absolute Gasteiger partial charge is 0.354 e. The molecule has 0 bridgehead atoms. The van der Waals surface area contributed by atoms with Crippen LogP contribution in [0, 0.1) is 0 Å². The van der Waals surface area contributed by atoms with Crippen molar-refractivity contribution < 1.29 is 4.79 Å². The predicted octanol–water partition coefficient (Wildman–Crippen LogP) is 1.05. The summed E-state index contributed by atoms with van der Waals surface area (Å²) in [5.74, 6) is 3.28. The van der Waals surface area contributed by atoms with E-state index in [-0.39, 0.29) is 11.9 Å². The lowest BCUT2D eigenvalue weighted by molar-refractivity contribution is -0.122. The zero-order valence-corrected chi connectivity index (χ0v) is 10.5. The summed E-state index contributed by atoms with van der Waals surface area (Å²) in [6.07, 6.45) is 3.93. The van der Waals surface area contributed by atoms with Crippen LogP contribution in [-0.2, 0) is 4.79 Å². The first-order valence-corrected chi connectivity index (χ1v) is 7.77. The summed E-state index contributed by atoms with van der Waals surface area (Å²) in [5.41, 5.74) is 0. The maximum absolute atomic E-state index is 11.7. The molecule has 2 atom stereocenters. The highest BCUT2D eigenvalue weighted by molar-refractivity contribution is 8.00. The third-order valence-electron chi connectivity index (χ3n) is 2.81. The monoisotopic (exact) mass is 246 g/mol. The van der Waals surface area contributed by atoms with Crippen molar-refractivity contribution in [2.45, 2.75) is 30.6 Å². The molecule has 2 aliphatic heterocycles. The zero-order chi connectivity index (χ0) is 10.5. The van der Waals surface area contributed by atoms with Crippen LogP contribution in [0.2, 0.25) is 0 Å². The number of thioether (sulfide) groups is 2. The Kier molecular flexibility index (Phi) is 4.65. The fraction of sp³-hybridized carbons (Fsp3) is 0.900. The normalized spacial score (nSPS) is 31.5. The van der Waals surface area contributed by atoms with Gasteiger partial charge in [0.2, 0.25) is 5.91 Å². The van der Waals surface area contributed by atoms with Gasteiger partial charge < -0.3 is 5.32 Å². The van der Waals surface area contributed by atoms with Crippen LogP contribution in [0.25, 0.3) is 0 Å². The molecule has 2 heterocycles.